The molecule has 0 heterocycles. The highest BCUT2D eigenvalue weighted by molar-refractivity contribution is 6.06. The normalized spacial score (nSPS) is 17.7. The number of nitrogens with two attached hydrogens (primary N) is 1. The maximum atomic E-state index is 12.3. The topological polar surface area (TPSA) is 75.4 Å². The number of aromatic hydroxyl groups is 1. The molecule has 4 nitrogen and oxygen atoms in total. The molecule has 0 spiro atoms. The number of nitrogens with one attached hydrogen (secondary N) is 1. The summed E-state index contributed by atoms with van der Waals surface area (Å²) in [6, 6.07) is 10.7. The molecule has 0 aromatic heterocycles. The van der Waals surface area contributed by atoms with Crippen molar-refractivity contribution in [2.75, 3.05) is 5.32 Å². The predicted octanol–water partition coefficient (Wildman–Crippen LogP) is 2.61. The first-order chi connectivity index (χ1) is 9.50. The lowest BCUT2D eigenvalue weighted by atomic mass is 9.96. The molecule has 4 heteroatoms. The molecule has 1 aliphatic carbocycles. The van der Waals surface area contributed by atoms with Gasteiger partial charge in [0.1, 0.15) is 5.75 Å². The first-order valence-electron chi connectivity index (χ1n) is 6.81. The Morgan fingerprint density at radius 3 is 2.60 bits per heavy atom. The van der Waals surface area contributed by atoms with Crippen LogP contribution in [-0.2, 0) is 4.79 Å². The Hall–Kier alpha value is -2.07. The molecule has 0 bridgehead atoms. The molecule has 104 valence electrons. The zero-order valence-corrected chi connectivity index (χ0v) is 11.4. The van der Waals surface area contributed by atoms with E-state index in [9.17, 15) is 9.90 Å². The van der Waals surface area contributed by atoms with E-state index in [4.69, 9.17) is 5.73 Å². The minimum Gasteiger partial charge on any atom is -0.507 e. The van der Waals surface area contributed by atoms with E-state index in [1.54, 1.807) is 19.1 Å². The summed E-state index contributed by atoms with van der Waals surface area (Å²) in [6.45, 7) is 1.78. The number of rotatable bonds is 3. The fourth-order valence-corrected chi connectivity index (χ4v) is 2.53. The highest BCUT2D eigenvalue weighted by Gasteiger charge is 2.44. The van der Waals surface area contributed by atoms with Gasteiger partial charge in [-0.2, -0.15) is 0 Å². The van der Waals surface area contributed by atoms with Crippen molar-refractivity contribution in [3.05, 3.63) is 36.4 Å². The van der Waals surface area contributed by atoms with Gasteiger partial charge in [0.05, 0.1) is 5.54 Å². The fraction of sp³-hybridized carbons (Fsp3) is 0.312. The van der Waals surface area contributed by atoms with Crippen LogP contribution in [0.2, 0.25) is 0 Å². The molecule has 0 aliphatic heterocycles. The predicted molar refractivity (Wildman–Crippen MR) is 79.6 cm³/mol. The smallest absolute Gasteiger partial charge is 0.244 e. The van der Waals surface area contributed by atoms with Crippen LogP contribution in [0.25, 0.3) is 10.8 Å². The van der Waals surface area contributed by atoms with Crippen molar-refractivity contribution in [2.45, 2.75) is 25.3 Å². The zero-order valence-electron chi connectivity index (χ0n) is 11.4. The molecule has 2 aromatic rings. The summed E-state index contributed by atoms with van der Waals surface area (Å²) in [5, 5.41) is 14.3. The fourth-order valence-electron chi connectivity index (χ4n) is 2.53. The standard InChI is InChI=1S/C16H18N2O2/c1-16(17,10-8-9-10)15(20)18-13-6-2-5-12-11(13)4-3-7-14(12)19/h2-7,10,19H,8-9,17H2,1H3,(H,18,20). The third-order valence-corrected chi connectivity index (χ3v) is 4.06. The summed E-state index contributed by atoms with van der Waals surface area (Å²) >= 11 is 0. The largest absolute Gasteiger partial charge is 0.507 e. The summed E-state index contributed by atoms with van der Waals surface area (Å²) in [5.74, 6) is 0.304. The Kier molecular flexibility index (Phi) is 2.91. The maximum absolute atomic E-state index is 12.3. The van der Waals surface area contributed by atoms with Crippen LogP contribution < -0.4 is 11.1 Å². The zero-order chi connectivity index (χ0) is 14.3. The van der Waals surface area contributed by atoms with Gasteiger partial charge in [-0.3, -0.25) is 4.79 Å². The quantitative estimate of drug-likeness (QED) is 0.802. The second kappa shape index (κ2) is 4.49. The lowest BCUT2D eigenvalue weighted by molar-refractivity contribution is -0.121. The molecule has 2 aromatic carbocycles. The van der Waals surface area contributed by atoms with Crippen molar-refractivity contribution in [2.24, 2.45) is 11.7 Å². The summed E-state index contributed by atoms with van der Waals surface area (Å²) in [6.07, 6.45) is 2.02. The van der Waals surface area contributed by atoms with Crippen molar-refractivity contribution >= 4 is 22.4 Å². The number of carbonyl (C=O) groups excluding carboxylic acids is 1. The van der Waals surface area contributed by atoms with Gasteiger partial charge in [0, 0.05) is 16.5 Å². The lowest BCUT2D eigenvalue weighted by Crippen LogP contribution is -2.50. The van der Waals surface area contributed by atoms with Gasteiger partial charge in [-0.05, 0) is 37.8 Å². The molecule has 3 rings (SSSR count). The van der Waals surface area contributed by atoms with Crippen LogP contribution in [-0.4, -0.2) is 16.6 Å². The summed E-state index contributed by atoms with van der Waals surface area (Å²) in [4.78, 5) is 12.3. The number of carbonyl (C=O) groups is 1. The van der Waals surface area contributed by atoms with Crippen LogP contribution in [0.15, 0.2) is 36.4 Å². The average Bonchev–Trinajstić information content (AvgIpc) is 3.24. The Bertz CT molecular complexity index is 675. The van der Waals surface area contributed by atoms with Crippen molar-refractivity contribution < 1.29 is 9.90 Å². The molecule has 1 saturated carbocycles. The second-order valence-corrected chi connectivity index (χ2v) is 5.69. The van der Waals surface area contributed by atoms with Crippen molar-refractivity contribution in [1.82, 2.24) is 0 Å². The highest BCUT2D eigenvalue weighted by atomic mass is 16.3. The summed E-state index contributed by atoms with van der Waals surface area (Å²) in [5.41, 5.74) is 5.97. The Labute approximate surface area is 117 Å². The monoisotopic (exact) mass is 270 g/mol. The summed E-state index contributed by atoms with van der Waals surface area (Å²) in [7, 11) is 0. The molecule has 0 radical (unpaired) electrons. The van der Waals surface area contributed by atoms with Gasteiger partial charge in [0.15, 0.2) is 0 Å². The third-order valence-electron chi connectivity index (χ3n) is 4.06. The molecule has 20 heavy (non-hydrogen) atoms. The van der Waals surface area contributed by atoms with Gasteiger partial charge in [-0.1, -0.05) is 24.3 Å². The Morgan fingerprint density at radius 2 is 1.90 bits per heavy atom. The van der Waals surface area contributed by atoms with Gasteiger partial charge in [0.2, 0.25) is 5.91 Å². The number of benzene rings is 2. The average molecular weight is 270 g/mol. The van der Waals surface area contributed by atoms with Crippen molar-refractivity contribution in [1.29, 1.82) is 0 Å². The number of phenolic OH excluding ortho intramolecular Hbond substituents is 1. The molecular weight excluding hydrogens is 252 g/mol. The number of fused-ring (bicyclic) bond motifs is 1. The van der Waals surface area contributed by atoms with E-state index < -0.39 is 5.54 Å². The van der Waals surface area contributed by atoms with E-state index in [1.807, 2.05) is 24.3 Å². The van der Waals surface area contributed by atoms with Crippen LogP contribution in [0.1, 0.15) is 19.8 Å². The van der Waals surface area contributed by atoms with E-state index >= 15 is 0 Å². The van der Waals surface area contributed by atoms with E-state index in [0.717, 1.165) is 23.6 Å². The van der Waals surface area contributed by atoms with Crippen LogP contribution in [0.5, 0.6) is 5.75 Å². The molecule has 1 amide bonds. The van der Waals surface area contributed by atoms with Crippen LogP contribution in [0.4, 0.5) is 5.69 Å². The van der Waals surface area contributed by atoms with Crippen molar-refractivity contribution in [3.8, 4) is 5.75 Å². The van der Waals surface area contributed by atoms with E-state index in [1.165, 1.54) is 0 Å². The van der Waals surface area contributed by atoms with Crippen molar-refractivity contribution in [3.63, 3.8) is 0 Å². The number of hydrogen-bond acceptors (Lipinski definition) is 3. The highest BCUT2D eigenvalue weighted by Crippen LogP contribution is 2.39. The van der Waals surface area contributed by atoms with Gasteiger partial charge in [-0.25, -0.2) is 0 Å². The molecular formula is C16H18N2O2. The molecule has 1 atom stereocenters. The lowest BCUT2D eigenvalue weighted by Gasteiger charge is -2.23. The maximum Gasteiger partial charge on any atom is 0.244 e. The minimum atomic E-state index is -0.834. The Balaban J connectivity index is 1.95. The number of anilines is 1. The third kappa shape index (κ3) is 2.12. The van der Waals surface area contributed by atoms with Gasteiger partial charge < -0.3 is 16.2 Å². The number of hydrogen-bond donors (Lipinski definition) is 3. The molecule has 1 unspecified atom stereocenters. The first kappa shape index (κ1) is 12.9. The second-order valence-electron chi connectivity index (χ2n) is 5.69. The first-order valence-corrected chi connectivity index (χ1v) is 6.81. The van der Waals surface area contributed by atoms with Gasteiger partial charge in [-0.15, -0.1) is 0 Å². The van der Waals surface area contributed by atoms with Gasteiger partial charge in [0.25, 0.3) is 0 Å². The minimum absolute atomic E-state index is 0.171. The number of phenols is 1. The van der Waals surface area contributed by atoms with Crippen LogP contribution in [0.3, 0.4) is 0 Å². The van der Waals surface area contributed by atoms with E-state index in [0.29, 0.717) is 5.69 Å². The summed E-state index contributed by atoms with van der Waals surface area (Å²) < 4.78 is 0. The number of amides is 1. The molecule has 0 saturated heterocycles. The SMILES string of the molecule is CC(N)(C(=O)Nc1cccc2c(O)cccc12)C1CC1. The van der Waals surface area contributed by atoms with Crippen LogP contribution >= 0.6 is 0 Å². The van der Waals surface area contributed by atoms with Gasteiger partial charge >= 0.3 is 0 Å². The molecule has 1 fully saturated rings. The van der Waals surface area contributed by atoms with E-state index in [2.05, 4.69) is 5.32 Å². The molecule has 4 N–H and O–H groups in total. The Morgan fingerprint density at radius 1 is 1.25 bits per heavy atom. The molecule has 1 aliphatic rings. The van der Waals surface area contributed by atoms with E-state index in [-0.39, 0.29) is 17.6 Å². The van der Waals surface area contributed by atoms with Crippen LogP contribution in [0, 0.1) is 5.92 Å².